The van der Waals surface area contributed by atoms with Gasteiger partial charge in [-0.15, -0.1) is 0 Å². The van der Waals surface area contributed by atoms with Gasteiger partial charge in [-0.05, 0) is 140 Å². The molecular formula is C77H128BKO12. The fraction of sp³-hybridized carbons (Fsp3) is 0.688. The van der Waals surface area contributed by atoms with Crippen molar-refractivity contribution < 1.29 is 108 Å². The Morgan fingerprint density at radius 2 is 0.374 bits per heavy atom. The van der Waals surface area contributed by atoms with Gasteiger partial charge in [-0.2, -0.15) is 0 Å². The van der Waals surface area contributed by atoms with E-state index in [-0.39, 0.29) is 103 Å². The third kappa shape index (κ3) is 35.9. The van der Waals surface area contributed by atoms with E-state index in [1.807, 2.05) is 0 Å². The Bertz CT molecular complexity index is 2170. The SMILES string of the molecule is CC(C)(C)CC(C)(C)c1ccc(OCCOCCOCC(COCCOCCOc2ccc(C(C)(C)CC(C)(C)C)cc2)(COCCOCCOc2ccc(C(C)(C)CC(C)(C)C)cc2)COCCOCCOc2ccc(C(C)(C)CC(C)(C)C)cc2)cc1.[BH4-].[K+]. The van der Waals surface area contributed by atoms with Crippen LogP contribution in [0.25, 0.3) is 0 Å². The third-order valence-corrected chi connectivity index (χ3v) is 15.5. The summed E-state index contributed by atoms with van der Waals surface area (Å²) in [7, 11) is 0. The van der Waals surface area contributed by atoms with Gasteiger partial charge < -0.3 is 56.8 Å². The largest absolute Gasteiger partial charge is 1.00 e. The number of benzene rings is 4. The van der Waals surface area contributed by atoms with Gasteiger partial charge in [0.2, 0.25) is 0 Å². The second-order valence-corrected chi connectivity index (χ2v) is 32.1. The molecule has 0 aliphatic heterocycles. The molecule has 0 aliphatic carbocycles. The zero-order chi connectivity index (χ0) is 65.9. The average Bonchev–Trinajstić information content (AvgIpc) is 1.20. The first-order valence-electron chi connectivity index (χ1n) is 33.1. The van der Waals surface area contributed by atoms with Crippen molar-refractivity contribution in [2.24, 2.45) is 27.1 Å². The van der Waals surface area contributed by atoms with Crippen molar-refractivity contribution in [1.29, 1.82) is 0 Å². The van der Waals surface area contributed by atoms with E-state index in [2.05, 4.69) is 236 Å². The van der Waals surface area contributed by atoms with E-state index < -0.39 is 5.41 Å². The first-order valence-corrected chi connectivity index (χ1v) is 33.1. The van der Waals surface area contributed by atoms with Gasteiger partial charge in [-0.1, -0.05) is 195 Å². The van der Waals surface area contributed by atoms with Gasteiger partial charge in [0.1, 0.15) is 49.4 Å². The summed E-state index contributed by atoms with van der Waals surface area (Å²) in [5, 5.41) is 0. The number of ether oxygens (including phenoxy) is 12. The minimum absolute atomic E-state index is 0. The van der Waals surface area contributed by atoms with Crippen molar-refractivity contribution in [3.05, 3.63) is 119 Å². The minimum Gasteiger partial charge on any atom is -0.491 e. The topological polar surface area (TPSA) is 111 Å². The maximum Gasteiger partial charge on any atom is 1.00 e. The Kier molecular flexibility index (Phi) is 37.4. The van der Waals surface area contributed by atoms with Gasteiger partial charge in [0.05, 0.1) is 111 Å². The van der Waals surface area contributed by atoms with Crippen molar-refractivity contribution in [3.63, 3.8) is 0 Å². The van der Waals surface area contributed by atoms with E-state index >= 15 is 0 Å². The molecular weight excluding hydrogens is 1170 g/mol. The Morgan fingerprint density at radius 3 is 0.538 bits per heavy atom. The number of hydrogen-bond donors (Lipinski definition) is 0. The molecule has 0 aliphatic rings. The molecule has 0 saturated carbocycles. The van der Waals surface area contributed by atoms with E-state index in [9.17, 15) is 0 Å². The summed E-state index contributed by atoms with van der Waals surface area (Å²) in [5.74, 6) is 3.30. The Hall–Kier alpha value is -2.54. The van der Waals surface area contributed by atoms with Crippen LogP contribution in [0.4, 0.5) is 0 Å². The molecule has 4 rings (SSSR count). The summed E-state index contributed by atoms with van der Waals surface area (Å²) in [4.78, 5) is 0. The van der Waals surface area contributed by atoms with Crippen LogP contribution < -0.4 is 70.3 Å². The molecule has 512 valence electrons. The average molecular weight is 1300 g/mol. The quantitative estimate of drug-likeness (QED) is 0.0311. The molecule has 0 fully saturated rings. The maximum atomic E-state index is 6.39. The molecule has 12 nitrogen and oxygen atoms in total. The molecule has 91 heavy (non-hydrogen) atoms. The van der Waals surface area contributed by atoms with Gasteiger partial charge >= 0.3 is 51.4 Å². The van der Waals surface area contributed by atoms with Crippen LogP contribution in [0.15, 0.2) is 97.1 Å². The van der Waals surface area contributed by atoms with Gasteiger partial charge in [0.25, 0.3) is 0 Å². The van der Waals surface area contributed by atoms with E-state index in [4.69, 9.17) is 56.8 Å². The predicted octanol–water partition coefficient (Wildman–Crippen LogP) is 12.8. The predicted molar refractivity (Wildman–Crippen MR) is 376 cm³/mol. The van der Waals surface area contributed by atoms with Crippen LogP contribution in [0.1, 0.15) is 186 Å². The number of hydrogen-bond acceptors (Lipinski definition) is 12. The molecule has 0 radical (unpaired) electrons. The van der Waals surface area contributed by atoms with Crippen LogP contribution in [-0.4, -0.2) is 141 Å². The molecule has 0 bridgehead atoms. The normalized spacial score (nSPS) is 13.0. The van der Waals surface area contributed by atoms with Crippen molar-refractivity contribution in [2.75, 3.05) is 132 Å². The van der Waals surface area contributed by atoms with Crippen molar-refractivity contribution in [3.8, 4) is 23.0 Å². The molecule has 0 amide bonds. The molecule has 0 N–H and O–H groups in total. The van der Waals surface area contributed by atoms with Gasteiger partial charge in [0, 0.05) is 0 Å². The van der Waals surface area contributed by atoms with E-state index in [0.717, 1.165) is 48.7 Å². The summed E-state index contributed by atoms with van der Waals surface area (Å²) in [6, 6.07) is 33.8. The first-order chi connectivity index (χ1) is 41.6. The maximum absolute atomic E-state index is 6.39. The van der Waals surface area contributed by atoms with Crippen molar-refractivity contribution in [1.82, 2.24) is 0 Å². The fourth-order valence-corrected chi connectivity index (χ4v) is 12.9. The molecule has 0 aromatic heterocycles. The number of rotatable bonds is 44. The molecule has 4 aromatic rings. The molecule has 0 atom stereocenters. The second-order valence-electron chi connectivity index (χ2n) is 32.1. The molecule has 14 heteroatoms. The molecule has 0 saturated heterocycles. The molecule has 0 unspecified atom stereocenters. The summed E-state index contributed by atoms with van der Waals surface area (Å²) in [6.45, 7) is 53.5. The summed E-state index contributed by atoms with van der Waals surface area (Å²) in [6.07, 6.45) is 4.34. The standard InChI is InChI=1S/C77H124O12.BH4.K/c1-69(2,3)53-73(13,14)61-21-29-65(30-22-61)86-49-45-78-37-41-82-57-77(58-83-42-38-79-46-50-87-66-31-23-62(24-32-66)74(15,16)54-70(4,5)6,59-84-43-39-80-47-51-88-67-33-25-63(26-34-67)75(17,18)55-71(7,8)9)60-85-44-40-81-48-52-89-68-35-27-64(28-36-68)76(19,20)56-72(10,11)12;;/h21-36H,37-60H2,1-20H3;1H4;/q;-1;+1. The van der Waals surface area contributed by atoms with Crippen LogP contribution in [0.3, 0.4) is 0 Å². The third-order valence-electron chi connectivity index (χ3n) is 15.5. The van der Waals surface area contributed by atoms with Gasteiger partial charge in [0.15, 0.2) is 0 Å². The monoisotopic (exact) mass is 1290 g/mol. The Balaban J connectivity index is 0.0000141. The Morgan fingerprint density at radius 1 is 0.220 bits per heavy atom. The van der Waals surface area contributed by atoms with Crippen molar-refractivity contribution in [2.45, 2.75) is 186 Å². The summed E-state index contributed by atoms with van der Waals surface area (Å²) < 4.78 is 73.8. The van der Waals surface area contributed by atoms with Gasteiger partial charge in [-0.25, -0.2) is 0 Å². The van der Waals surface area contributed by atoms with E-state index in [1.165, 1.54) is 22.3 Å². The first kappa shape index (κ1) is 84.6. The van der Waals surface area contributed by atoms with Crippen LogP contribution >= 0.6 is 0 Å². The van der Waals surface area contributed by atoms with Gasteiger partial charge in [-0.3, -0.25) is 0 Å². The second kappa shape index (κ2) is 40.2. The zero-order valence-electron chi connectivity index (χ0n) is 60.6. The summed E-state index contributed by atoms with van der Waals surface area (Å²) >= 11 is 0. The molecule has 0 spiro atoms. The van der Waals surface area contributed by atoms with Crippen LogP contribution in [0, 0.1) is 27.1 Å². The molecule has 0 heterocycles. The summed E-state index contributed by atoms with van der Waals surface area (Å²) in [5.41, 5.74) is 5.73. The Labute approximate surface area is 599 Å². The van der Waals surface area contributed by atoms with Crippen molar-refractivity contribution >= 4 is 8.41 Å². The van der Waals surface area contributed by atoms with E-state index in [0.29, 0.717) is 132 Å². The molecule has 4 aromatic carbocycles. The minimum atomic E-state index is -0.680. The van der Waals surface area contributed by atoms with Crippen LogP contribution in [0.2, 0.25) is 0 Å². The van der Waals surface area contributed by atoms with Crippen LogP contribution in [-0.2, 0) is 59.6 Å². The smallest absolute Gasteiger partial charge is 0.491 e. The van der Waals surface area contributed by atoms with Crippen LogP contribution in [0.5, 0.6) is 23.0 Å². The zero-order valence-corrected chi connectivity index (χ0v) is 63.7. The van der Waals surface area contributed by atoms with E-state index in [1.54, 1.807) is 0 Å². The fourth-order valence-electron chi connectivity index (χ4n) is 12.9.